The van der Waals surface area contributed by atoms with Gasteiger partial charge < -0.3 is 10.2 Å². The molecule has 4 rings (SSSR count). The molecule has 0 bridgehead atoms. The molecule has 0 amide bonds. The minimum absolute atomic E-state index is 0.0922. The molecule has 17 heteroatoms. The summed E-state index contributed by atoms with van der Waals surface area (Å²) in [6.45, 7) is 7.89. The molecule has 0 atom stereocenters. The SMILES string of the molecule is C=C(Cc1c(Sc2ccc([N+](=O)[O-])c(C(=O)O)c2CC(=C)c2ccc([N+](=O)[O-])cc2)ccc([N+](=O)[O-])c1C(=O)O)c1ccc([N+](=O)[O-])cc1. The molecular formula is C32H22N4O12S. The van der Waals surface area contributed by atoms with Gasteiger partial charge in [0.15, 0.2) is 0 Å². The number of hydrogen-bond acceptors (Lipinski definition) is 11. The van der Waals surface area contributed by atoms with Crippen LogP contribution in [0.1, 0.15) is 43.0 Å². The van der Waals surface area contributed by atoms with E-state index in [1.54, 1.807) is 0 Å². The van der Waals surface area contributed by atoms with Crippen molar-refractivity contribution < 1.29 is 39.5 Å². The third-order valence-corrected chi connectivity index (χ3v) is 8.49. The Hall–Kier alpha value is -6.75. The van der Waals surface area contributed by atoms with Crippen LogP contribution in [-0.4, -0.2) is 41.8 Å². The fraction of sp³-hybridized carbons (Fsp3) is 0.0625. The van der Waals surface area contributed by atoms with Gasteiger partial charge in [0.25, 0.3) is 22.7 Å². The summed E-state index contributed by atoms with van der Waals surface area (Å²) in [4.78, 5) is 68.1. The maximum atomic E-state index is 12.5. The summed E-state index contributed by atoms with van der Waals surface area (Å²) in [7, 11) is 0. The third-order valence-electron chi connectivity index (χ3n) is 7.29. The van der Waals surface area contributed by atoms with Crippen LogP contribution in [0, 0.1) is 40.5 Å². The van der Waals surface area contributed by atoms with Gasteiger partial charge in [-0.2, -0.15) is 0 Å². The summed E-state index contributed by atoms with van der Waals surface area (Å²) in [5, 5.41) is 66.1. The van der Waals surface area contributed by atoms with Crippen LogP contribution in [0.3, 0.4) is 0 Å². The lowest BCUT2D eigenvalue weighted by Gasteiger charge is -2.18. The lowest BCUT2D eigenvalue weighted by atomic mass is 9.95. The second kappa shape index (κ2) is 14.3. The lowest BCUT2D eigenvalue weighted by molar-refractivity contribution is -0.385. The molecule has 4 aromatic rings. The van der Waals surface area contributed by atoms with Crippen molar-refractivity contribution in [3.8, 4) is 0 Å². The van der Waals surface area contributed by atoms with Gasteiger partial charge in [-0.3, -0.25) is 40.5 Å². The zero-order chi connectivity index (χ0) is 36.2. The largest absolute Gasteiger partial charge is 0.477 e. The van der Waals surface area contributed by atoms with Crippen molar-refractivity contribution in [2.45, 2.75) is 22.6 Å². The van der Waals surface area contributed by atoms with Crippen molar-refractivity contribution in [1.29, 1.82) is 0 Å². The van der Waals surface area contributed by atoms with Gasteiger partial charge in [0.2, 0.25) is 0 Å². The normalized spacial score (nSPS) is 10.6. The standard InChI is InChI=1S/C32H22N4O12S/c1-17(19-3-7-21(8-4-19)33(41)42)15-23-27(13-11-25(35(45)46)29(23)31(37)38)49-28-14-12-26(36(47)48)30(32(39)40)24(28)16-18(2)20-5-9-22(10-6-20)34(43)44/h3-14H,1-2,15-16H2,(H,37,38)(H,39,40). The molecule has 0 spiro atoms. The van der Waals surface area contributed by atoms with Crippen molar-refractivity contribution in [2.24, 2.45) is 0 Å². The topological polar surface area (TPSA) is 247 Å². The Morgan fingerprint density at radius 2 is 0.878 bits per heavy atom. The Kier molecular flexibility index (Phi) is 10.3. The van der Waals surface area contributed by atoms with Crippen molar-refractivity contribution in [3.05, 3.63) is 160 Å². The quantitative estimate of drug-likeness (QED) is 0.0971. The molecule has 0 heterocycles. The highest BCUT2D eigenvalue weighted by molar-refractivity contribution is 7.99. The maximum absolute atomic E-state index is 12.5. The molecule has 0 aliphatic heterocycles. The predicted molar refractivity (Wildman–Crippen MR) is 176 cm³/mol. The average Bonchev–Trinajstić information content (AvgIpc) is 3.05. The molecule has 2 N–H and O–H groups in total. The number of benzene rings is 4. The smallest absolute Gasteiger partial charge is 0.343 e. The molecule has 0 aromatic heterocycles. The predicted octanol–water partition coefficient (Wildman–Crippen LogP) is 7.38. The molecule has 0 fully saturated rings. The van der Waals surface area contributed by atoms with Crippen molar-refractivity contribution in [1.82, 2.24) is 0 Å². The summed E-state index contributed by atoms with van der Waals surface area (Å²) >= 11 is 0.799. The number of carbonyl (C=O) groups is 2. The van der Waals surface area contributed by atoms with Crippen LogP contribution >= 0.6 is 11.8 Å². The highest BCUT2D eigenvalue weighted by Gasteiger charge is 2.30. The first-order valence-electron chi connectivity index (χ1n) is 13.7. The van der Waals surface area contributed by atoms with Gasteiger partial charge in [-0.25, -0.2) is 9.59 Å². The molecule has 0 aliphatic carbocycles. The molecule has 0 saturated heterocycles. The zero-order valence-corrected chi connectivity index (χ0v) is 25.7. The zero-order valence-electron chi connectivity index (χ0n) is 24.9. The van der Waals surface area contributed by atoms with E-state index >= 15 is 0 Å². The number of hydrogen-bond donors (Lipinski definition) is 2. The fourth-order valence-corrected chi connectivity index (χ4v) is 6.05. The highest BCUT2D eigenvalue weighted by atomic mass is 32.2. The Morgan fingerprint density at radius 1 is 0.551 bits per heavy atom. The van der Waals surface area contributed by atoms with Crippen molar-refractivity contribution in [2.75, 3.05) is 0 Å². The van der Waals surface area contributed by atoms with Crippen molar-refractivity contribution >= 4 is 57.6 Å². The Labute approximate surface area is 279 Å². The number of nitro benzene ring substituents is 4. The van der Waals surface area contributed by atoms with E-state index < -0.39 is 54.1 Å². The van der Waals surface area contributed by atoms with Gasteiger partial charge in [0.1, 0.15) is 11.1 Å². The molecule has 248 valence electrons. The highest BCUT2D eigenvalue weighted by Crippen LogP contribution is 2.42. The first-order valence-corrected chi connectivity index (χ1v) is 14.5. The van der Waals surface area contributed by atoms with Gasteiger partial charge in [-0.1, -0.05) is 24.9 Å². The molecule has 0 unspecified atom stereocenters. The number of allylic oxidation sites excluding steroid dienone is 2. The molecule has 16 nitrogen and oxygen atoms in total. The van der Waals surface area contributed by atoms with E-state index in [1.807, 2.05) is 0 Å². The Morgan fingerprint density at radius 3 is 1.14 bits per heavy atom. The van der Waals surface area contributed by atoms with Gasteiger partial charge in [-0.15, -0.1) is 0 Å². The van der Waals surface area contributed by atoms with E-state index in [1.165, 1.54) is 60.7 Å². The summed E-state index contributed by atoms with van der Waals surface area (Å²) in [5.74, 6) is -3.30. The Balaban J connectivity index is 1.89. The molecule has 4 aromatic carbocycles. The van der Waals surface area contributed by atoms with Crippen LogP contribution < -0.4 is 0 Å². The van der Waals surface area contributed by atoms with Gasteiger partial charge in [-0.05, 0) is 82.6 Å². The first kappa shape index (κ1) is 35.1. The number of carboxylic acid groups (broad SMARTS) is 2. The fourth-order valence-electron chi connectivity index (χ4n) is 4.94. The van der Waals surface area contributed by atoms with E-state index in [2.05, 4.69) is 13.2 Å². The summed E-state index contributed by atoms with van der Waals surface area (Å²) in [6, 6.07) is 14.8. The lowest BCUT2D eigenvalue weighted by Crippen LogP contribution is -2.11. The molecule has 0 aliphatic rings. The van der Waals surface area contributed by atoms with E-state index in [0.717, 1.165) is 23.9 Å². The van der Waals surface area contributed by atoms with E-state index in [-0.39, 0.29) is 56.3 Å². The second-order valence-corrected chi connectivity index (χ2v) is 11.4. The van der Waals surface area contributed by atoms with Crippen LogP contribution in [0.2, 0.25) is 0 Å². The Bertz CT molecular complexity index is 1950. The van der Waals surface area contributed by atoms with Gasteiger partial charge in [0.05, 0.1) is 19.7 Å². The van der Waals surface area contributed by atoms with Crippen molar-refractivity contribution in [3.63, 3.8) is 0 Å². The number of carboxylic acids is 2. The van der Waals surface area contributed by atoms with Crippen LogP contribution in [0.5, 0.6) is 0 Å². The minimum Gasteiger partial charge on any atom is -0.477 e. The number of aromatic carboxylic acids is 2. The monoisotopic (exact) mass is 686 g/mol. The molecule has 49 heavy (non-hydrogen) atoms. The van der Waals surface area contributed by atoms with Gasteiger partial charge >= 0.3 is 11.9 Å². The minimum atomic E-state index is -1.65. The number of rotatable bonds is 14. The molecule has 0 saturated carbocycles. The first-order chi connectivity index (χ1) is 23.1. The number of nitro groups is 4. The molecule has 0 radical (unpaired) electrons. The van der Waals surface area contributed by atoms with E-state index in [0.29, 0.717) is 11.1 Å². The third kappa shape index (κ3) is 7.63. The van der Waals surface area contributed by atoms with E-state index in [9.17, 15) is 60.3 Å². The number of non-ortho nitro benzene ring substituents is 2. The summed E-state index contributed by atoms with van der Waals surface area (Å²) < 4.78 is 0. The van der Waals surface area contributed by atoms with Crippen LogP contribution in [0.25, 0.3) is 11.1 Å². The number of nitrogens with zero attached hydrogens (tertiary/aromatic N) is 4. The van der Waals surface area contributed by atoms with Gasteiger partial charge in [0, 0.05) is 46.2 Å². The van der Waals surface area contributed by atoms with Crippen LogP contribution in [0.15, 0.2) is 95.7 Å². The van der Waals surface area contributed by atoms with Crippen LogP contribution in [0.4, 0.5) is 22.7 Å². The summed E-state index contributed by atoms with van der Waals surface area (Å²) in [6.07, 6.45) is -0.597. The molecular weight excluding hydrogens is 664 g/mol. The van der Waals surface area contributed by atoms with Crippen LogP contribution in [-0.2, 0) is 12.8 Å². The average molecular weight is 687 g/mol. The summed E-state index contributed by atoms with van der Waals surface area (Å²) in [5.41, 5.74) is -2.27. The van der Waals surface area contributed by atoms with E-state index in [4.69, 9.17) is 0 Å². The second-order valence-electron chi connectivity index (χ2n) is 10.3. The maximum Gasteiger partial charge on any atom is 0.343 e.